The van der Waals surface area contributed by atoms with Gasteiger partial charge in [-0.2, -0.15) is 0 Å². The molecule has 0 radical (unpaired) electrons. The van der Waals surface area contributed by atoms with Gasteiger partial charge in [-0.3, -0.25) is 4.90 Å². The minimum atomic E-state index is 0.510. The van der Waals surface area contributed by atoms with Crippen molar-refractivity contribution in [2.75, 3.05) is 27.3 Å². The maximum atomic E-state index is 5.34. The van der Waals surface area contributed by atoms with Gasteiger partial charge in [0.2, 0.25) is 0 Å². The summed E-state index contributed by atoms with van der Waals surface area (Å²) < 4.78 is 5.34. The van der Waals surface area contributed by atoms with Crippen LogP contribution in [0.3, 0.4) is 0 Å². The zero-order chi connectivity index (χ0) is 12.0. The Morgan fingerprint density at radius 1 is 1.25 bits per heavy atom. The molecule has 1 rings (SSSR count). The third kappa shape index (κ3) is 4.40. The second-order valence-electron chi connectivity index (χ2n) is 4.93. The highest BCUT2D eigenvalue weighted by atomic mass is 16.5. The molecule has 0 aromatic heterocycles. The van der Waals surface area contributed by atoms with E-state index in [9.17, 15) is 0 Å². The van der Waals surface area contributed by atoms with Crippen molar-refractivity contribution in [1.29, 1.82) is 0 Å². The Morgan fingerprint density at radius 2 is 1.88 bits per heavy atom. The lowest BCUT2D eigenvalue weighted by atomic mass is 10.1. The van der Waals surface area contributed by atoms with Gasteiger partial charge < -0.3 is 10.1 Å². The van der Waals surface area contributed by atoms with E-state index in [4.69, 9.17) is 4.74 Å². The van der Waals surface area contributed by atoms with Crippen LogP contribution in [0.15, 0.2) is 0 Å². The molecule has 0 amide bonds. The summed E-state index contributed by atoms with van der Waals surface area (Å²) >= 11 is 0. The van der Waals surface area contributed by atoms with Crippen molar-refractivity contribution in [1.82, 2.24) is 10.2 Å². The molecule has 3 nitrogen and oxygen atoms in total. The highest BCUT2D eigenvalue weighted by Crippen LogP contribution is 2.19. The van der Waals surface area contributed by atoms with Gasteiger partial charge in [0.25, 0.3) is 0 Å². The van der Waals surface area contributed by atoms with Crippen LogP contribution in [-0.2, 0) is 4.74 Å². The van der Waals surface area contributed by atoms with Crippen LogP contribution in [0, 0.1) is 0 Å². The lowest BCUT2D eigenvalue weighted by molar-refractivity contribution is 0.0761. The van der Waals surface area contributed by atoms with Gasteiger partial charge in [0.15, 0.2) is 0 Å². The fourth-order valence-corrected chi connectivity index (χ4v) is 2.27. The molecule has 0 aromatic rings. The van der Waals surface area contributed by atoms with E-state index in [0.29, 0.717) is 12.1 Å². The van der Waals surface area contributed by atoms with Crippen molar-refractivity contribution in [3.8, 4) is 0 Å². The van der Waals surface area contributed by atoms with E-state index >= 15 is 0 Å². The van der Waals surface area contributed by atoms with Crippen LogP contribution in [0.1, 0.15) is 39.5 Å². The first kappa shape index (κ1) is 13.9. The van der Waals surface area contributed by atoms with Gasteiger partial charge in [-0.15, -0.1) is 0 Å². The van der Waals surface area contributed by atoms with Gasteiger partial charge >= 0.3 is 0 Å². The van der Waals surface area contributed by atoms with Crippen LogP contribution >= 0.6 is 0 Å². The maximum absolute atomic E-state index is 5.34. The molecular weight excluding hydrogens is 200 g/mol. The summed E-state index contributed by atoms with van der Waals surface area (Å²) in [6.07, 6.45) is 5.15. The maximum Gasteiger partial charge on any atom is 0.0630 e. The topological polar surface area (TPSA) is 24.5 Å². The van der Waals surface area contributed by atoms with E-state index in [0.717, 1.165) is 19.2 Å². The van der Waals surface area contributed by atoms with Crippen LogP contribution in [0.5, 0.6) is 0 Å². The number of rotatable bonds is 9. The Kier molecular flexibility index (Phi) is 6.32. The number of ether oxygens (including phenoxy) is 1. The normalized spacial score (nSPS) is 18.4. The number of likely N-dealkylation sites (N-methyl/N-ethyl adjacent to an activating group) is 1. The van der Waals surface area contributed by atoms with Crippen molar-refractivity contribution in [3.05, 3.63) is 0 Å². The quantitative estimate of drug-likeness (QED) is 0.652. The number of nitrogens with one attached hydrogen (secondary N) is 1. The predicted octanol–water partition coefficient (Wildman–Crippen LogP) is 1.87. The van der Waals surface area contributed by atoms with Gasteiger partial charge in [0, 0.05) is 31.8 Å². The SMILES string of the molecule is CCC(CC)N(C)C(CNC1CC1)COC. The lowest BCUT2D eigenvalue weighted by Gasteiger charge is -2.34. The van der Waals surface area contributed by atoms with Crippen LogP contribution < -0.4 is 5.32 Å². The second kappa shape index (κ2) is 7.25. The van der Waals surface area contributed by atoms with E-state index in [2.05, 4.69) is 31.1 Å². The van der Waals surface area contributed by atoms with Gasteiger partial charge in [0.1, 0.15) is 0 Å². The van der Waals surface area contributed by atoms with E-state index in [-0.39, 0.29) is 0 Å². The molecule has 0 aromatic carbocycles. The minimum absolute atomic E-state index is 0.510. The minimum Gasteiger partial charge on any atom is -0.383 e. The summed E-state index contributed by atoms with van der Waals surface area (Å²) in [5.41, 5.74) is 0. The zero-order valence-electron chi connectivity index (χ0n) is 11.3. The molecule has 0 saturated heterocycles. The highest BCUT2D eigenvalue weighted by molar-refractivity contribution is 4.85. The molecule has 0 spiro atoms. The molecular formula is C13H28N2O. The van der Waals surface area contributed by atoms with Crippen LogP contribution in [-0.4, -0.2) is 50.3 Å². The van der Waals surface area contributed by atoms with Crippen molar-refractivity contribution in [3.63, 3.8) is 0 Å². The first-order valence-corrected chi connectivity index (χ1v) is 6.67. The fraction of sp³-hybridized carbons (Fsp3) is 1.00. The van der Waals surface area contributed by atoms with Crippen molar-refractivity contribution >= 4 is 0 Å². The molecule has 0 heterocycles. The fourth-order valence-electron chi connectivity index (χ4n) is 2.27. The highest BCUT2D eigenvalue weighted by Gasteiger charge is 2.25. The summed E-state index contributed by atoms with van der Waals surface area (Å²) in [5.74, 6) is 0. The van der Waals surface area contributed by atoms with E-state index in [1.165, 1.54) is 25.7 Å². The van der Waals surface area contributed by atoms with Gasteiger partial charge in [0.05, 0.1) is 6.61 Å². The lowest BCUT2D eigenvalue weighted by Crippen LogP contribution is -2.48. The molecule has 1 aliphatic carbocycles. The molecule has 0 aliphatic heterocycles. The number of nitrogens with zero attached hydrogens (tertiary/aromatic N) is 1. The first-order valence-electron chi connectivity index (χ1n) is 6.67. The Morgan fingerprint density at radius 3 is 2.31 bits per heavy atom. The average Bonchev–Trinajstić information content (AvgIpc) is 3.09. The van der Waals surface area contributed by atoms with Crippen molar-refractivity contribution in [2.45, 2.75) is 57.7 Å². The summed E-state index contributed by atoms with van der Waals surface area (Å²) in [6.45, 7) is 6.42. The first-order chi connectivity index (χ1) is 7.72. The molecule has 1 atom stereocenters. The molecule has 1 unspecified atom stereocenters. The molecule has 1 N–H and O–H groups in total. The van der Waals surface area contributed by atoms with Gasteiger partial charge in [-0.1, -0.05) is 13.8 Å². The van der Waals surface area contributed by atoms with E-state index in [1.54, 1.807) is 7.11 Å². The molecule has 16 heavy (non-hydrogen) atoms. The van der Waals surface area contributed by atoms with E-state index in [1.807, 2.05) is 0 Å². The third-order valence-electron chi connectivity index (χ3n) is 3.67. The van der Waals surface area contributed by atoms with Crippen LogP contribution in [0.4, 0.5) is 0 Å². The average molecular weight is 228 g/mol. The third-order valence-corrected chi connectivity index (χ3v) is 3.67. The monoisotopic (exact) mass is 228 g/mol. The number of hydrogen-bond acceptors (Lipinski definition) is 3. The second-order valence-corrected chi connectivity index (χ2v) is 4.93. The number of hydrogen-bond donors (Lipinski definition) is 1. The largest absolute Gasteiger partial charge is 0.383 e. The van der Waals surface area contributed by atoms with Gasteiger partial charge in [-0.05, 0) is 32.7 Å². The summed E-state index contributed by atoms with van der Waals surface area (Å²) in [5, 5.41) is 3.60. The summed E-state index contributed by atoms with van der Waals surface area (Å²) in [4.78, 5) is 2.48. The van der Waals surface area contributed by atoms with Crippen LogP contribution in [0.25, 0.3) is 0 Å². The molecule has 96 valence electrons. The Hall–Kier alpha value is -0.120. The molecule has 3 heteroatoms. The molecule has 1 saturated carbocycles. The standard InChI is InChI=1S/C13H28N2O/c1-5-12(6-2)15(3)13(10-16-4)9-14-11-7-8-11/h11-14H,5-10H2,1-4H3. The van der Waals surface area contributed by atoms with Crippen molar-refractivity contribution < 1.29 is 4.74 Å². The number of methoxy groups -OCH3 is 1. The Labute approximate surface area is 101 Å². The summed E-state index contributed by atoms with van der Waals surface area (Å²) in [6, 6.07) is 1.98. The van der Waals surface area contributed by atoms with Crippen molar-refractivity contribution in [2.24, 2.45) is 0 Å². The Balaban J connectivity index is 2.38. The zero-order valence-corrected chi connectivity index (χ0v) is 11.3. The molecule has 0 bridgehead atoms. The van der Waals surface area contributed by atoms with Gasteiger partial charge in [-0.25, -0.2) is 0 Å². The summed E-state index contributed by atoms with van der Waals surface area (Å²) in [7, 11) is 4.03. The predicted molar refractivity (Wildman–Crippen MR) is 68.8 cm³/mol. The van der Waals surface area contributed by atoms with Crippen LogP contribution in [0.2, 0.25) is 0 Å². The molecule has 1 aliphatic rings. The Bertz CT molecular complexity index is 179. The van der Waals surface area contributed by atoms with E-state index < -0.39 is 0 Å². The smallest absolute Gasteiger partial charge is 0.0630 e. The molecule has 1 fully saturated rings.